The van der Waals surface area contributed by atoms with Crippen molar-refractivity contribution in [2.45, 2.75) is 25.8 Å². The lowest BCUT2D eigenvalue weighted by atomic mass is 10.2. The molecule has 6 nitrogen and oxygen atoms in total. The number of amides is 1. The van der Waals surface area contributed by atoms with Gasteiger partial charge in [-0.05, 0) is 6.42 Å². The largest absolute Gasteiger partial charge is 0.379 e. The van der Waals surface area contributed by atoms with E-state index in [0.29, 0.717) is 25.9 Å². The van der Waals surface area contributed by atoms with Crippen LogP contribution in [0.25, 0.3) is 0 Å². The van der Waals surface area contributed by atoms with Gasteiger partial charge in [-0.1, -0.05) is 6.92 Å². The van der Waals surface area contributed by atoms with Crippen LogP contribution in [0.15, 0.2) is 0 Å². The molecule has 0 radical (unpaired) electrons. The van der Waals surface area contributed by atoms with Gasteiger partial charge in [0.1, 0.15) is 0 Å². The summed E-state index contributed by atoms with van der Waals surface area (Å²) in [6.07, 6.45) is 0.977. The van der Waals surface area contributed by atoms with E-state index in [9.17, 15) is 4.79 Å². The first kappa shape index (κ1) is 15.9. The van der Waals surface area contributed by atoms with Crippen LogP contribution in [0.4, 0.5) is 0 Å². The maximum absolute atomic E-state index is 12.1. The van der Waals surface area contributed by atoms with E-state index >= 15 is 0 Å². The summed E-state index contributed by atoms with van der Waals surface area (Å²) in [6.45, 7) is 7.12. The molecule has 1 rings (SSSR count). The topological polar surface area (TPSA) is 82.6 Å². The monoisotopic (exact) mass is 268 g/mol. The second-order valence-electron chi connectivity index (χ2n) is 4.70. The highest BCUT2D eigenvalue weighted by atomic mass is 16.5. The Morgan fingerprint density at radius 3 is 2.74 bits per heavy atom. The molecular weight excluding hydrogens is 244 g/mol. The van der Waals surface area contributed by atoms with Crippen LogP contribution < -0.4 is 5.73 Å². The minimum atomic E-state index is -0.455. The highest BCUT2D eigenvalue weighted by Gasteiger charge is 2.20. The van der Waals surface area contributed by atoms with E-state index in [0.717, 1.165) is 32.8 Å². The molecule has 0 saturated carbocycles. The van der Waals surface area contributed by atoms with Crippen LogP contribution in [-0.4, -0.2) is 67.7 Å². The summed E-state index contributed by atoms with van der Waals surface area (Å²) >= 11 is 0. The lowest BCUT2D eigenvalue weighted by Gasteiger charge is -2.30. The molecule has 1 saturated heterocycles. The predicted molar refractivity (Wildman–Crippen MR) is 72.3 cm³/mol. The number of nitrogens with zero attached hydrogens (tertiary/aromatic N) is 3. The molecule has 0 bridgehead atoms. The minimum Gasteiger partial charge on any atom is -0.379 e. The molecule has 1 fully saturated rings. The number of hydrogen-bond donors (Lipinski definition) is 1. The van der Waals surface area contributed by atoms with Crippen molar-refractivity contribution in [3.05, 3.63) is 0 Å². The zero-order chi connectivity index (χ0) is 14.1. The lowest BCUT2D eigenvalue weighted by molar-refractivity contribution is -0.133. The van der Waals surface area contributed by atoms with Crippen molar-refractivity contribution >= 4 is 5.91 Å². The van der Waals surface area contributed by atoms with Gasteiger partial charge in [0, 0.05) is 32.7 Å². The summed E-state index contributed by atoms with van der Waals surface area (Å²) in [7, 11) is 0. The van der Waals surface area contributed by atoms with Gasteiger partial charge in [0.2, 0.25) is 5.91 Å². The first-order chi connectivity index (χ1) is 9.19. The zero-order valence-electron chi connectivity index (χ0n) is 11.7. The number of rotatable bonds is 7. The normalized spacial score (nSPS) is 17.7. The molecule has 0 spiro atoms. The summed E-state index contributed by atoms with van der Waals surface area (Å²) in [5, 5.41) is 8.66. The minimum absolute atomic E-state index is 0.0500. The smallest absolute Gasteiger partial charge is 0.239 e. The fourth-order valence-electron chi connectivity index (χ4n) is 2.01. The molecule has 1 aliphatic rings. The number of nitriles is 1. The average Bonchev–Trinajstić information content (AvgIpc) is 2.47. The van der Waals surface area contributed by atoms with Crippen molar-refractivity contribution in [3.63, 3.8) is 0 Å². The Hall–Kier alpha value is -1.16. The second-order valence-corrected chi connectivity index (χ2v) is 4.70. The van der Waals surface area contributed by atoms with Crippen molar-refractivity contribution in [2.24, 2.45) is 5.73 Å². The fourth-order valence-corrected chi connectivity index (χ4v) is 2.01. The molecule has 108 valence electrons. The van der Waals surface area contributed by atoms with Crippen molar-refractivity contribution in [3.8, 4) is 6.07 Å². The molecule has 1 amide bonds. The second kappa shape index (κ2) is 8.86. The summed E-state index contributed by atoms with van der Waals surface area (Å²) in [4.78, 5) is 16.1. The first-order valence-electron chi connectivity index (χ1n) is 6.90. The Kier molecular flexibility index (Phi) is 7.41. The van der Waals surface area contributed by atoms with Gasteiger partial charge in [0.05, 0.1) is 31.7 Å². The number of nitrogens with two attached hydrogens (primary N) is 1. The summed E-state index contributed by atoms with van der Waals surface area (Å²) in [5.74, 6) is -0.0500. The molecule has 19 heavy (non-hydrogen) atoms. The molecule has 1 aliphatic heterocycles. The SMILES string of the molecule is CC[C@@H](N)C(=O)N(CCC#N)CCN1CCOCC1. The molecule has 1 atom stereocenters. The molecule has 0 aromatic rings. The molecule has 6 heteroatoms. The van der Waals surface area contributed by atoms with E-state index in [1.807, 2.05) is 6.92 Å². The van der Waals surface area contributed by atoms with E-state index in [1.54, 1.807) is 4.90 Å². The molecule has 0 aromatic carbocycles. The molecule has 0 aromatic heterocycles. The van der Waals surface area contributed by atoms with Crippen LogP contribution in [0.3, 0.4) is 0 Å². The van der Waals surface area contributed by atoms with Crippen molar-refractivity contribution in [1.82, 2.24) is 9.80 Å². The number of ether oxygens (including phenoxy) is 1. The predicted octanol–water partition coefficient (Wildman–Crippen LogP) is -0.202. The van der Waals surface area contributed by atoms with Gasteiger partial charge in [0.15, 0.2) is 0 Å². The van der Waals surface area contributed by atoms with E-state index in [-0.39, 0.29) is 5.91 Å². The van der Waals surface area contributed by atoms with Crippen molar-refractivity contribution < 1.29 is 9.53 Å². The lowest BCUT2D eigenvalue weighted by Crippen LogP contribution is -2.48. The van der Waals surface area contributed by atoms with Gasteiger partial charge in [-0.3, -0.25) is 9.69 Å². The molecule has 0 aliphatic carbocycles. The van der Waals surface area contributed by atoms with Gasteiger partial charge in [-0.25, -0.2) is 0 Å². The van der Waals surface area contributed by atoms with Gasteiger partial charge in [0.25, 0.3) is 0 Å². The van der Waals surface area contributed by atoms with E-state index < -0.39 is 6.04 Å². The molecule has 2 N–H and O–H groups in total. The third kappa shape index (κ3) is 5.55. The van der Waals surface area contributed by atoms with Crippen LogP contribution in [0.2, 0.25) is 0 Å². The first-order valence-corrected chi connectivity index (χ1v) is 6.90. The van der Waals surface area contributed by atoms with Gasteiger partial charge in [-0.15, -0.1) is 0 Å². The van der Waals surface area contributed by atoms with E-state index in [1.165, 1.54) is 0 Å². The third-order valence-electron chi connectivity index (χ3n) is 3.35. The van der Waals surface area contributed by atoms with Gasteiger partial charge >= 0.3 is 0 Å². The third-order valence-corrected chi connectivity index (χ3v) is 3.35. The van der Waals surface area contributed by atoms with E-state index in [2.05, 4.69) is 11.0 Å². The van der Waals surface area contributed by atoms with Crippen LogP contribution in [-0.2, 0) is 9.53 Å². The Morgan fingerprint density at radius 2 is 2.16 bits per heavy atom. The summed E-state index contributed by atoms with van der Waals surface area (Å²) < 4.78 is 5.29. The summed E-state index contributed by atoms with van der Waals surface area (Å²) in [6, 6.07) is 1.62. The Morgan fingerprint density at radius 1 is 1.47 bits per heavy atom. The van der Waals surface area contributed by atoms with Crippen molar-refractivity contribution in [2.75, 3.05) is 45.9 Å². The van der Waals surface area contributed by atoms with Crippen molar-refractivity contribution in [1.29, 1.82) is 5.26 Å². The maximum atomic E-state index is 12.1. The van der Waals surface area contributed by atoms with Crippen LogP contribution in [0.5, 0.6) is 0 Å². The van der Waals surface area contributed by atoms with Crippen LogP contribution in [0.1, 0.15) is 19.8 Å². The highest BCUT2D eigenvalue weighted by Crippen LogP contribution is 2.02. The van der Waals surface area contributed by atoms with Gasteiger partial charge in [-0.2, -0.15) is 5.26 Å². The Balaban J connectivity index is 2.44. The summed E-state index contributed by atoms with van der Waals surface area (Å²) in [5.41, 5.74) is 5.79. The number of carbonyl (C=O) groups is 1. The fraction of sp³-hybridized carbons (Fsp3) is 0.846. The van der Waals surface area contributed by atoms with E-state index in [4.69, 9.17) is 15.7 Å². The standard InChI is InChI=1S/C13H24N4O2/c1-2-12(15)13(18)17(5-3-4-14)7-6-16-8-10-19-11-9-16/h12H,2-3,5-11,15H2,1H3/t12-/m1/s1. The number of hydrogen-bond acceptors (Lipinski definition) is 5. The molecule has 1 heterocycles. The maximum Gasteiger partial charge on any atom is 0.239 e. The molecular formula is C13H24N4O2. The quantitative estimate of drug-likeness (QED) is 0.691. The number of carbonyl (C=O) groups excluding carboxylic acids is 1. The average molecular weight is 268 g/mol. The number of morpholine rings is 1. The van der Waals surface area contributed by atoms with Crippen LogP contribution >= 0.6 is 0 Å². The molecule has 0 unspecified atom stereocenters. The van der Waals surface area contributed by atoms with Gasteiger partial charge < -0.3 is 15.4 Å². The zero-order valence-corrected chi connectivity index (χ0v) is 11.7. The highest BCUT2D eigenvalue weighted by molar-refractivity contribution is 5.81. The Labute approximate surface area is 115 Å². The Bertz CT molecular complexity index is 310. The van der Waals surface area contributed by atoms with Crippen LogP contribution in [0, 0.1) is 11.3 Å².